The van der Waals surface area contributed by atoms with Gasteiger partial charge in [0.25, 0.3) is 0 Å². The maximum absolute atomic E-state index is 6.15. The number of aliphatic imine (C=N–C) groups is 1. The molecule has 0 aliphatic carbocycles. The number of para-hydroxylation sites is 1. The second-order valence-electron chi connectivity index (χ2n) is 8.01. The minimum atomic E-state index is -0.222. The first-order valence-corrected chi connectivity index (χ1v) is 10.3. The van der Waals surface area contributed by atoms with Crippen LogP contribution in [0.25, 0.3) is 5.65 Å². The molecule has 2 N–H and O–H groups in total. The summed E-state index contributed by atoms with van der Waals surface area (Å²) in [7, 11) is 0. The summed E-state index contributed by atoms with van der Waals surface area (Å²) < 4.78 is 8.19. The lowest BCUT2D eigenvalue weighted by Crippen LogP contribution is -2.45. The Bertz CT molecular complexity index is 981. The van der Waals surface area contributed by atoms with Crippen molar-refractivity contribution in [2.75, 3.05) is 13.1 Å². The Morgan fingerprint density at radius 1 is 1.23 bits per heavy atom. The average Bonchev–Trinajstić information content (AvgIpc) is 3.10. The van der Waals surface area contributed by atoms with Gasteiger partial charge in [-0.25, -0.2) is 4.98 Å². The van der Waals surface area contributed by atoms with Crippen LogP contribution in [0.3, 0.4) is 0 Å². The highest BCUT2D eigenvalue weighted by Gasteiger charge is 2.33. The van der Waals surface area contributed by atoms with E-state index in [0.29, 0.717) is 6.54 Å². The molecule has 0 spiro atoms. The molecule has 30 heavy (non-hydrogen) atoms. The van der Waals surface area contributed by atoms with Crippen LogP contribution in [-0.2, 0) is 6.42 Å². The van der Waals surface area contributed by atoms with Crippen molar-refractivity contribution < 1.29 is 4.74 Å². The number of ether oxygens (including phenoxy) is 1. The van der Waals surface area contributed by atoms with E-state index in [4.69, 9.17) is 9.73 Å². The van der Waals surface area contributed by atoms with Crippen LogP contribution in [-0.4, -0.2) is 34.0 Å². The van der Waals surface area contributed by atoms with Gasteiger partial charge in [0.05, 0.1) is 11.7 Å². The number of halogens is 1. The standard InChI is InChI=1S/C23H29N5O.HI/c1-4-24-22(25-13-12-17-16-28-14-8-7-11-21(28)26-17)27-19-15-23(2,3)29-20-10-6-5-9-18(19)20;/h5-11,14,16,19H,4,12-13,15H2,1-3H3,(H2,24,25,27);1H. The van der Waals surface area contributed by atoms with Crippen molar-refractivity contribution in [3.63, 3.8) is 0 Å². The largest absolute Gasteiger partial charge is 0.487 e. The molecule has 7 heteroatoms. The van der Waals surface area contributed by atoms with Crippen molar-refractivity contribution in [1.29, 1.82) is 0 Å². The highest BCUT2D eigenvalue weighted by atomic mass is 127. The topological polar surface area (TPSA) is 63.0 Å². The Morgan fingerprint density at radius 2 is 2.03 bits per heavy atom. The van der Waals surface area contributed by atoms with E-state index >= 15 is 0 Å². The highest BCUT2D eigenvalue weighted by Crippen LogP contribution is 2.39. The lowest BCUT2D eigenvalue weighted by molar-refractivity contribution is 0.0694. The number of nitrogens with zero attached hydrogens (tertiary/aromatic N) is 3. The van der Waals surface area contributed by atoms with Crippen LogP contribution in [0, 0.1) is 0 Å². The lowest BCUT2D eigenvalue weighted by Gasteiger charge is -2.38. The van der Waals surface area contributed by atoms with Gasteiger partial charge in [-0.05, 0) is 39.0 Å². The minimum absolute atomic E-state index is 0. The monoisotopic (exact) mass is 519 g/mol. The van der Waals surface area contributed by atoms with Crippen molar-refractivity contribution >= 4 is 35.6 Å². The van der Waals surface area contributed by atoms with E-state index in [2.05, 4.69) is 54.7 Å². The molecule has 4 rings (SSSR count). The van der Waals surface area contributed by atoms with Crippen molar-refractivity contribution in [1.82, 2.24) is 20.0 Å². The SMILES string of the molecule is CCNC(=NCCc1cn2ccccc2n1)NC1CC(C)(C)Oc2ccccc21.I. The number of imidazole rings is 1. The molecule has 1 unspecified atom stereocenters. The maximum Gasteiger partial charge on any atom is 0.191 e. The predicted octanol–water partition coefficient (Wildman–Crippen LogP) is 4.35. The fourth-order valence-electron chi connectivity index (χ4n) is 3.81. The van der Waals surface area contributed by atoms with Crippen LogP contribution in [0.4, 0.5) is 0 Å². The van der Waals surface area contributed by atoms with Crippen molar-refractivity contribution in [3.8, 4) is 5.75 Å². The van der Waals surface area contributed by atoms with E-state index in [9.17, 15) is 0 Å². The normalized spacial score (nSPS) is 17.6. The Labute approximate surface area is 195 Å². The van der Waals surface area contributed by atoms with Gasteiger partial charge in [0.1, 0.15) is 17.0 Å². The molecule has 1 aromatic carbocycles. The van der Waals surface area contributed by atoms with Gasteiger partial charge in [-0.15, -0.1) is 24.0 Å². The van der Waals surface area contributed by atoms with Gasteiger partial charge in [0, 0.05) is 43.9 Å². The van der Waals surface area contributed by atoms with Crippen LogP contribution in [0.15, 0.2) is 59.9 Å². The van der Waals surface area contributed by atoms with Crippen molar-refractivity contribution in [3.05, 3.63) is 66.1 Å². The molecule has 2 aromatic heterocycles. The van der Waals surface area contributed by atoms with Gasteiger partial charge >= 0.3 is 0 Å². The summed E-state index contributed by atoms with van der Waals surface area (Å²) in [6.45, 7) is 7.83. The molecule has 3 aromatic rings. The number of rotatable bonds is 5. The molecular formula is C23H30IN5O. The molecule has 0 amide bonds. The molecule has 6 nitrogen and oxygen atoms in total. The lowest BCUT2D eigenvalue weighted by atomic mass is 9.90. The summed E-state index contributed by atoms with van der Waals surface area (Å²) in [4.78, 5) is 9.45. The van der Waals surface area contributed by atoms with Gasteiger partial charge in [0.15, 0.2) is 5.96 Å². The van der Waals surface area contributed by atoms with E-state index in [1.165, 1.54) is 5.56 Å². The Balaban J connectivity index is 0.00000256. The molecule has 0 bridgehead atoms. The molecular weight excluding hydrogens is 489 g/mol. The van der Waals surface area contributed by atoms with E-state index in [1.807, 2.05) is 40.9 Å². The molecule has 1 aliphatic heterocycles. The van der Waals surface area contributed by atoms with Crippen LogP contribution >= 0.6 is 24.0 Å². The number of benzene rings is 1. The van der Waals surface area contributed by atoms with Crippen LogP contribution in [0.1, 0.15) is 44.5 Å². The molecule has 1 atom stereocenters. The van der Waals surface area contributed by atoms with Gasteiger partial charge in [0.2, 0.25) is 0 Å². The average molecular weight is 519 g/mol. The highest BCUT2D eigenvalue weighted by molar-refractivity contribution is 14.0. The van der Waals surface area contributed by atoms with Crippen LogP contribution < -0.4 is 15.4 Å². The number of guanidine groups is 1. The van der Waals surface area contributed by atoms with E-state index in [0.717, 1.165) is 42.4 Å². The van der Waals surface area contributed by atoms with Crippen molar-refractivity contribution in [2.45, 2.75) is 45.3 Å². The minimum Gasteiger partial charge on any atom is -0.487 e. The first-order valence-electron chi connectivity index (χ1n) is 10.3. The first-order chi connectivity index (χ1) is 14.0. The zero-order valence-corrected chi connectivity index (χ0v) is 20.1. The molecule has 3 heterocycles. The van der Waals surface area contributed by atoms with Gasteiger partial charge in [-0.3, -0.25) is 4.99 Å². The molecule has 0 saturated heterocycles. The van der Waals surface area contributed by atoms with Gasteiger partial charge < -0.3 is 19.8 Å². The smallest absolute Gasteiger partial charge is 0.191 e. The van der Waals surface area contributed by atoms with E-state index in [1.54, 1.807) is 0 Å². The Kier molecular flexibility index (Phi) is 7.23. The van der Waals surface area contributed by atoms with Gasteiger partial charge in [-0.2, -0.15) is 0 Å². The summed E-state index contributed by atoms with van der Waals surface area (Å²) in [6.07, 6.45) is 5.77. The third-order valence-electron chi connectivity index (χ3n) is 5.08. The quantitative estimate of drug-likeness (QED) is 0.299. The second-order valence-corrected chi connectivity index (χ2v) is 8.01. The third-order valence-corrected chi connectivity index (χ3v) is 5.08. The summed E-state index contributed by atoms with van der Waals surface area (Å²) in [5.41, 5.74) is 2.98. The number of aromatic nitrogens is 2. The summed E-state index contributed by atoms with van der Waals surface area (Å²) >= 11 is 0. The Hall–Kier alpha value is -2.29. The van der Waals surface area contributed by atoms with E-state index in [-0.39, 0.29) is 35.6 Å². The fourth-order valence-corrected chi connectivity index (χ4v) is 3.81. The molecule has 0 radical (unpaired) electrons. The number of pyridine rings is 1. The fraction of sp³-hybridized carbons (Fsp3) is 0.391. The van der Waals surface area contributed by atoms with Gasteiger partial charge in [-0.1, -0.05) is 24.3 Å². The van der Waals surface area contributed by atoms with Crippen LogP contribution in [0.2, 0.25) is 0 Å². The number of hydrogen-bond acceptors (Lipinski definition) is 3. The number of hydrogen-bond donors (Lipinski definition) is 2. The molecule has 0 fully saturated rings. The molecule has 160 valence electrons. The Morgan fingerprint density at radius 3 is 2.83 bits per heavy atom. The summed E-state index contributed by atoms with van der Waals surface area (Å²) in [6, 6.07) is 14.4. The number of fused-ring (bicyclic) bond motifs is 2. The zero-order valence-electron chi connectivity index (χ0n) is 17.8. The van der Waals surface area contributed by atoms with E-state index < -0.39 is 0 Å². The summed E-state index contributed by atoms with van der Waals surface area (Å²) in [5.74, 6) is 1.77. The zero-order chi connectivity index (χ0) is 20.3. The number of nitrogens with one attached hydrogen (secondary N) is 2. The maximum atomic E-state index is 6.15. The second kappa shape index (κ2) is 9.68. The van der Waals surface area contributed by atoms with Crippen molar-refractivity contribution in [2.24, 2.45) is 4.99 Å². The summed E-state index contributed by atoms with van der Waals surface area (Å²) in [5, 5.41) is 6.99. The molecule has 0 saturated carbocycles. The van der Waals surface area contributed by atoms with Crippen LogP contribution in [0.5, 0.6) is 5.75 Å². The predicted molar refractivity (Wildman–Crippen MR) is 132 cm³/mol. The third kappa shape index (κ3) is 5.24. The first kappa shape index (κ1) is 22.4. The molecule has 1 aliphatic rings.